The Morgan fingerprint density at radius 3 is 2.22 bits per heavy atom. The van der Waals surface area contributed by atoms with E-state index >= 15 is 0 Å². The molecule has 1 aliphatic carbocycles. The van der Waals surface area contributed by atoms with Crippen molar-refractivity contribution in [3.8, 4) is 0 Å². The van der Waals surface area contributed by atoms with Crippen LogP contribution in [0.3, 0.4) is 0 Å². The van der Waals surface area contributed by atoms with Gasteiger partial charge in [-0.1, -0.05) is 90.5 Å². The minimum atomic E-state index is -4.24. The van der Waals surface area contributed by atoms with Crippen LogP contribution in [0.4, 0.5) is 5.69 Å². The molecule has 3 aromatic carbocycles. The number of rotatable bonds is 10. The van der Waals surface area contributed by atoms with Crippen molar-refractivity contribution >= 4 is 62.3 Å². The van der Waals surface area contributed by atoms with E-state index in [1.807, 2.05) is 0 Å². The predicted molar refractivity (Wildman–Crippen MR) is 164 cm³/mol. The van der Waals surface area contributed by atoms with Gasteiger partial charge in [-0.15, -0.1) is 0 Å². The van der Waals surface area contributed by atoms with Crippen LogP contribution in [0.2, 0.25) is 15.1 Å². The molecule has 0 aliphatic heterocycles. The molecule has 0 unspecified atom stereocenters. The van der Waals surface area contributed by atoms with Crippen LogP contribution >= 0.6 is 34.8 Å². The molecule has 0 saturated heterocycles. The van der Waals surface area contributed by atoms with Crippen molar-refractivity contribution in [2.24, 2.45) is 0 Å². The number of amides is 2. The normalized spacial score (nSPS) is 14.7. The van der Waals surface area contributed by atoms with Gasteiger partial charge in [0.25, 0.3) is 10.0 Å². The molecule has 0 aromatic heterocycles. The fourth-order valence-corrected chi connectivity index (χ4v) is 6.88. The predicted octanol–water partition coefficient (Wildman–Crippen LogP) is 6.71. The second kappa shape index (κ2) is 13.9. The van der Waals surface area contributed by atoms with Crippen molar-refractivity contribution < 1.29 is 18.0 Å². The van der Waals surface area contributed by atoms with E-state index in [1.165, 1.54) is 29.2 Å². The smallest absolute Gasteiger partial charge is 0.264 e. The Balaban J connectivity index is 1.69. The van der Waals surface area contributed by atoms with Crippen LogP contribution < -0.4 is 9.62 Å². The Bertz CT molecular complexity index is 1460. The van der Waals surface area contributed by atoms with E-state index in [9.17, 15) is 18.0 Å². The van der Waals surface area contributed by atoms with E-state index in [2.05, 4.69) is 5.32 Å². The average Bonchev–Trinajstić information content (AvgIpc) is 2.97. The summed E-state index contributed by atoms with van der Waals surface area (Å²) in [6.45, 7) is 1.11. The molecule has 1 saturated carbocycles. The van der Waals surface area contributed by atoms with Crippen LogP contribution in [-0.2, 0) is 26.2 Å². The van der Waals surface area contributed by atoms with Gasteiger partial charge in [0.15, 0.2) is 0 Å². The molecular formula is C30H32Cl3N3O4S. The number of nitrogens with one attached hydrogen (secondary N) is 1. The van der Waals surface area contributed by atoms with Gasteiger partial charge in [-0.05, 0) is 61.7 Å². The molecule has 1 aliphatic rings. The summed E-state index contributed by atoms with van der Waals surface area (Å²) in [5.74, 6) is -0.876. The third-order valence-corrected chi connectivity index (χ3v) is 10.0. The second-order valence-corrected chi connectivity index (χ2v) is 13.1. The largest absolute Gasteiger partial charge is 0.352 e. The Labute approximate surface area is 256 Å². The first-order valence-corrected chi connectivity index (χ1v) is 16.0. The van der Waals surface area contributed by atoms with Crippen molar-refractivity contribution in [1.82, 2.24) is 10.2 Å². The van der Waals surface area contributed by atoms with Gasteiger partial charge >= 0.3 is 0 Å². The molecular weight excluding hydrogens is 605 g/mol. The monoisotopic (exact) mass is 635 g/mol. The minimum absolute atomic E-state index is 0.00573. The van der Waals surface area contributed by atoms with Crippen molar-refractivity contribution in [3.63, 3.8) is 0 Å². The zero-order chi connectivity index (χ0) is 29.6. The molecule has 1 atom stereocenters. The minimum Gasteiger partial charge on any atom is -0.352 e. The number of benzene rings is 3. The highest BCUT2D eigenvalue weighted by atomic mass is 35.5. The van der Waals surface area contributed by atoms with Crippen LogP contribution in [0.5, 0.6) is 0 Å². The molecule has 0 radical (unpaired) electrons. The molecule has 0 bridgehead atoms. The Morgan fingerprint density at radius 2 is 1.56 bits per heavy atom. The van der Waals surface area contributed by atoms with Gasteiger partial charge in [-0.25, -0.2) is 8.42 Å². The third kappa shape index (κ3) is 7.74. The first-order valence-electron chi connectivity index (χ1n) is 13.4. The number of nitrogens with zero attached hydrogens (tertiary/aromatic N) is 2. The zero-order valence-electron chi connectivity index (χ0n) is 22.6. The van der Waals surface area contributed by atoms with Crippen LogP contribution in [0.1, 0.15) is 44.6 Å². The topological polar surface area (TPSA) is 86.8 Å². The molecule has 1 N–H and O–H groups in total. The summed E-state index contributed by atoms with van der Waals surface area (Å²) in [4.78, 5) is 28.8. The molecule has 218 valence electrons. The Morgan fingerprint density at radius 1 is 0.902 bits per heavy atom. The van der Waals surface area contributed by atoms with E-state index in [4.69, 9.17) is 34.8 Å². The summed E-state index contributed by atoms with van der Waals surface area (Å²) >= 11 is 18.8. The summed E-state index contributed by atoms with van der Waals surface area (Å²) in [5, 5.41) is 3.75. The van der Waals surface area contributed by atoms with Gasteiger partial charge in [-0.2, -0.15) is 0 Å². The fraction of sp³-hybridized carbons (Fsp3) is 0.333. The lowest BCUT2D eigenvalue weighted by atomic mass is 9.95. The number of carbonyl (C=O) groups is 2. The maximum atomic E-state index is 14.0. The van der Waals surface area contributed by atoms with Crippen LogP contribution in [-0.4, -0.2) is 43.8 Å². The summed E-state index contributed by atoms with van der Waals surface area (Å²) in [5.41, 5.74) is 0.792. The van der Waals surface area contributed by atoms with E-state index < -0.39 is 28.5 Å². The molecule has 2 amide bonds. The SMILES string of the molecule is C[C@H](C(=O)NC1CCCCC1)N(Cc1ccc(Cl)cc1)C(=O)CN(c1cccc(Cl)c1Cl)S(=O)(=O)c1ccccc1. The first kappa shape index (κ1) is 31.2. The fourth-order valence-electron chi connectivity index (χ4n) is 4.86. The van der Waals surface area contributed by atoms with Crippen LogP contribution in [0.15, 0.2) is 77.7 Å². The molecule has 1 fully saturated rings. The van der Waals surface area contributed by atoms with E-state index in [0.29, 0.717) is 5.02 Å². The third-order valence-electron chi connectivity index (χ3n) is 7.20. The maximum Gasteiger partial charge on any atom is 0.264 e. The van der Waals surface area contributed by atoms with Gasteiger partial charge in [-0.3, -0.25) is 13.9 Å². The quantitative estimate of drug-likeness (QED) is 0.268. The first-order chi connectivity index (χ1) is 19.6. The number of hydrogen-bond acceptors (Lipinski definition) is 4. The molecule has 41 heavy (non-hydrogen) atoms. The lowest BCUT2D eigenvalue weighted by Gasteiger charge is -2.33. The standard InChI is InChI=1S/C30H32Cl3N3O4S/c1-21(30(38)34-24-9-4-2-5-10-24)35(19-22-15-17-23(31)18-16-22)28(37)20-36(27-14-8-13-26(32)29(27)33)41(39,40)25-11-6-3-7-12-25/h3,6-8,11-18,21,24H,2,4-5,9-10,19-20H2,1H3,(H,34,38)/t21-/m1/s1. The Hall–Kier alpha value is -2.78. The van der Waals surface area contributed by atoms with Crippen LogP contribution in [0, 0.1) is 0 Å². The number of hydrogen-bond donors (Lipinski definition) is 1. The molecule has 0 spiro atoms. The molecule has 3 aromatic rings. The number of carbonyl (C=O) groups excluding carboxylic acids is 2. The Kier molecular flexibility index (Phi) is 10.6. The van der Waals surface area contributed by atoms with Gasteiger partial charge in [0.1, 0.15) is 12.6 Å². The summed E-state index contributed by atoms with van der Waals surface area (Å²) < 4.78 is 28.7. The lowest BCUT2D eigenvalue weighted by molar-refractivity contribution is -0.139. The highest BCUT2D eigenvalue weighted by molar-refractivity contribution is 7.92. The van der Waals surface area contributed by atoms with Crippen molar-refractivity contribution in [2.45, 2.75) is 62.6 Å². The molecule has 0 heterocycles. The summed E-state index contributed by atoms with van der Waals surface area (Å²) in [6.07, 6.45) is 5.00. The molecule has 11 heteroatoms. The van der Waals surface area contributed by atoms with Gasteiger partial charge < -0.3 is 10.2 Å². The second-order valence-electron chi connectivity index (χ2n) is 10.1. The van der Waals surface area contributed by atoms with Gasteiger partial charge in [0.05, 0.1) is 20.6 Å². The average molecular weight is 637 g/mol. The van der Waals surface area contributed by atoms with E-state index in [0.717, 1.165) is 42.0 Å². The number of halogens is 3. The van der Waals surface area contributed by atoms with Gasteiger partial charge in [0, 0.05) is 17.6 Å². The molecule has 7 nitrogen and oxygen atoms in total. The van der Waals surface area contributed by atoms with Crippen molar-refractivity contribution in [2.75, 3.05) is 10.8 Å². The zero-order valence-corrected chi connectivity index (χ0v) is 25.7. The van der Waals surface area contributed by atoms with Crippen molar-refractivity contribution in [1.29, 1.82) is 0 Å². The highest BCUT2D eigenvalue weighted by Crippen LogP contribution is 2.35. The van der Waals surface area contributed by atoms with E-state index in [-0.39, 0.29) is 39.1 Å². The number of sulfonamides is 1. The van der Waals surface area contributed by atoms with E-state index in [1.54, 1.807) is 55.5 Å². The molecule has 4 rings (SSSR count). The lowest BCUT2D eigenvalue weighted by Crippen LogP contribution is -2.53. The summed E-state index contributed by atoms with van der Waals surface area (Å²) in [7, 11) is -4.24. The van der Waals surface area contributed by atoms with Crippen LogP contribution in [0.25, 0.3) is 0 Å². The summed E-state index contributed by atoms with van der Waals surface area (Å²) in [6, 6.07) is 18.5. The highest BCUT2D eigenvalue weighted by Gasteiger charge is 2.34. The van der Waals surface area contributed by atoms with Gasteiger partial charge in [0.2, 0.25) is 11.8 Å². The maximum absolute atomic E-state index is 14.0. The van der Waals surface area contributed by atoms with Crippen molar-refractivity contribution in [3.05, 3.63) is 93.4 Å². The number of anilines is 1.